The molecule has 1 aromatic rings. The molecule has 0 aliphatic rings. The van der Waals surface area contributed by atoms with Crippen LogP contribution in [-0.2, 0) is 6.61 Å². The molecule has 0 saturated heterocycles. The Hall–Kier alpha value is -1.62. The van der Waals surface area contributed by atoms with E-state index >= 15 is 0 Å². The van der Waals surface area contributed by atoms with Gasteiger partial charge in [-0.15, -0.1) is 0 Å². The second-order valence-electron chi connectivity index (χ2n) is 4.82. The van der Waals surface area contributed by atoms with Gasteiger partial charge in [-0.05, 0) is 25.0 Å². The Morgan fingerprint density at radius 1 is 1.39 bits per heavy atom. The summed E-state index contributed by atoms with van der Waals surface area (Å²) < 4.78 is 0. The predicted molar refractivity (Wildman–Crippen MR) is 71.7 cm³/mol. The Labute approximate surface area is 107 Å². The minimum atomic E-state index is -0.471. The minimum Gasteiger partial charge on any atom is -0.391 e. The smallest absolute Gasteiger partial charge is 0.275 e. The highest BCUT2D eigenvalue weighted by molar-refractivity contribution is 5.55. The summed E-state index contributed by atoms with van der Waals surface area (Å²) in [4.78, 5) is 12.4. The number of hydrogen-bond acceptors (Lipinski definition) is 4. The lowest BCUT2D eigenvalue weighted by molar-refractivity contribution is -0.385. The number of anilines is 1. The molecule has 1 rings (SSSR count). The fourth-order valence-corrected chi connectivity index (χ4v) is 1.78. The number of aliphatic hydroxyl groups excluding tert-OH is 1. The molecule has 1 N–H and O–H groups in total. The Morgan fingerprint density at radius 2 is 2.00 bits per heavy atom. The number of nitro groups is 1. The molecule has 0 aliphatic carbocycles. The Kier molecular flexibility index (Phi) is 4.67. The number of nitrogens with zero attached hydrogens (tertiary/aromatic N) is 2. The first-order chi connectivity index (χ1) is 8.38. The molecule has 0 aromatic heterocycles. The van der Waals surface area contributed by atoms with Crippen LogP contribution in [0.25, 0.3) is 0 Å². The van der Waals surface area contributed by atoms with Crippen molar-refractivity contribution in [3.05, 3.63) is 33.9 Å². The lowest BCUT2D eigenvalue weighted by Crippen LogP contribution is -2.33. The van der Waals surface area contributed by atoms with Gasteiger partial charge in [0, 0.05) is 24.8 Å². The summed E-state index contributed by atoms with van der Waals surface area (Å²) in [5.41, 5.74) is 1.19. The highest BCUT2D eigenvalue weighted by Gasteiger charge is 2.18. The van der Waals surface area contributed by atoms with E-state index in [9.17, 15) is 15.2 Å². The van der Waals surface area contributed by atoms with E-state index in [0.717, 1.165) is 5.69 Å². The Morgan fingerprint density at radius 3 is 2.44 bits per heavy atom. The van der Waals surface area contributed by atoms with E-state index in [2.05, 4.69) is 25.7 Å². The van der Waals surface area contributed by atoms with Crippen LogP contribution in [0, 0.1) is 16.0 Å². The maximum atomic E-state index is 10.8. The monoisotopic (exact) mass is 252 g/mol. The van der Waals surface area contributed by atoms with E-state index in [0.29, 0.717) is 17.5 Å². The second kappa shape index (κ2) is 5.82. The van der Waals surface area contributed by atoms with Gasteiger partial charge in [0.2, 0.25) is 0 Å². The van der Waals surface area contributed by atoms with Crippen molar-refractivity contribution in [3.63, 3.8) is 0 Å². The van der Waals surface area contributed by atoms with E-state index in [-0.39, 0.29) is 12.3 Å². The summed E-state index contributed by atoms with van der Waals surface area (Å²) in [6.45, 7) is 6.03. The van der Waals surface area contributed by atoms with Crippen molar-refractivity contribution in [1.29, 1.82) is 0 Å². The van der Waals surface area contributed by atoms with Crippen molar-refractivity contribution in [1.82, 2.24) is 0 Å². The lowest BCUT2D eigenvalue weighted by atomic mass is 10.0. The van der Waals surface area contributed by atoms with Crippen LogP contribution in [0.15, 0.2) is 18.2 Å². The van der Waals surface area contributed by atoms with Gasteiger partial charge in [0.25, 0.3) is 5.69 Å². The normalized spacial score (nSPS) is 12.6. The van der Waals surface area contributed by atoms with Crippen molar-refractivity contribution >= 4 is 11.4 Å². The average Bonchev–Trinajstić information content (AvgIpc) is 2.35. The zero-order valence-corrected chi connectivity index (χ0v) is 11.3. The van der Waals surface area contributed by atoms with Gasteiger partial charge in [-0.1, -0.05) is 13.8 Å². The highest BCUT2D eigenvalue weighted by atomic mass is 16.6. The molecule has 0 amide bonds. The first-order valence-corrected chi connectivity index (χ1v) is 5.99. The number of benzene rings is 1. The zero-order chi connectivity index (χ0) is 13.9. The molecular weight excluding hydrogens is 232 g/mol. The molecular formula is C13H20N2O3. The van der Waals surface area contributed by atoms with Gasteiger partial charge >= 0.3 is 0 Å². The molecule has 0 bridgehead atoms. The third-order valence-corrected chi connectivity index (χ3v) is 3.41. The second-order valence-corrected chi connectivity index (χ2v) is 4.82. The first-order valence-electron chi connectivity index (χ1n) is 5.99. The Balaban J connectivity index is 3.09. The number of nitro benzene ring substituents is 1. The molecule has 5 nitrogen and oxygen atoms in total. The fourth-order valence-electron chi connectivity index (χ4n) is 1.78. The van der Waals surface area contributed by atoms with Gasteiger partial charge in [-0.25, -0.2) is 0 Å². The molecule has 18 heavy (non-hydrogen) atoms. The van der Waals surface area contributed by atoms with Gasteiger partial charge < -0.3 is 10.0 Å². The van der Waals surface area contributed by atoms with Crippen LogP contribution >= 0.6 is 0 Å². The van der Waals surface area contributed by atoms with Gasteiger partial charge in [0.05, 0.1) is 17.1 Å². The first kappa shape index (κ1) is 14.4. The van der Waals surface area contributed by atoms with Crippen molar-refractivity contribution in [2.24, 2.45) is 5.92 Å². The van der Waals surface area contributed by atoms with E-state index < -0.39 is 4.92 Å². The summed E-state index contributed by atoms with van der Waals surface area (Å²) in [7, 11) is 1.95. The summed E-state index contributed by atoms with van der Waals surface area (Å²) in [6, 6.07) is 5.16. The topological polar surface area (TPSA) is 66.6 Å². The SMILES string of the molecule is CC(C)C(C)N(C)c1ccc([N+](=O)[O-])c(CO)c1. The maximum absolute atomic E-state index is 10.8. The van der Waals surface area contributed by atoms with Crippen LogP contribution in [-0.4, -0.2) is 23.1 Å². The number of aliphatic hydroxyl groups is 1. The van der Waals surface area contributed by atoms with E-state index in [4.69, 9.17) is 0 Å². The van der Waals surface area contributed by atoms with Gasteiger partial charge in [-0.2, -0.15) is 0 Å². The van der Waals surface area contributed by atoms with Crippen LogP contribution in [0.4, 0.5) is 11.4 Å². The van der Waals surface area contributed by atoms with E-state index in [1.165, 1.54) is 6.07 Å². The highest BCUT2D eigenvalue weighted by Crippen LogP contribution is 2.26. The van der Waals surface area contributed by atoms with Crippen LogP contribution in [0.5, 0.6) is 0 Å². The zero-order valence-electron chi connectivity index (χ0n) is 11.3. The van der Waals surface area contributed by atoms with Crippen molar-refractivity contribution < 1.29 is 10.0 Å². The quantitative estimate of drug-likeness (QED) is 0.646. The third-order valence-electron chi connectivity index (χ3n) is 3.41. The molecule has 0 radical (unpaired) electrons. The minimum absolute atomic E-state index is 0.0353. The average molecular weight is 252 g/mol. The van der Waals surface area contributed by atoms with E-state index in [1.54, 1.807) is 12.1 Å². The molecule has 5 heteroatoms. The summed E-state index contributed by atoms with van der Waals surface area (Å²) in [6.07, 6.45) is 0. The van der Waals surface area contributed by atoms with E-state index in [1.807, 2.05) is 7.05 Å². The fraction of sp³-hybridized carbons (Fsp3) is 0.538. The van der Waals surface area contributed by atoms with Gasteiger partial charge in [-0.3, -0.25) is 10.1 Å². The molecule has 1 aromatic carbocycles. The molecule has 1 atom stereocenters. The van der Waals surface area contributed by atoms with Crippen LogP contribution in [0.1, 0.15) is 26.3 Å². The van der Waals surface area contributed by atoms with Gasteiger partial charge in [0.1, 0.15) is 0 Å². The lowest BCUT2D eigenvalue weighted by Gasteiger charge is -2.30. The van der Waals surface area contributed by atoms with Crippen molar-refractivity contribution in [3.8, 4) is 0 Å². The number of hydrogen-bond donors (Lipinski definition) is 1. The Bertz CT molecular complexity index is 432. The van der Waals surface area contributed by atoms with Crippen molar-refractivity contribution in [2.45, 2.75) is 33.4 Å². The maximum Gasteiger partial charge on any atom is 0.275 e. The van der Waals surface area contributed by atoms with Crippen LogP contribution in [0.2, 0.25) is 0 Å². The number of rotatable bonds is 5. The molecule has 100 valence electrons. The standard InChI is InChI=1S/C13H20N2O3/c1-9(2)10(3)14(4)12-5-6-13(15(17)18)11(7-12)8-16/h5-7,9-10,16H,8H2,1-4H3. The third kappa shape index (κ3) is 2.98. The molecule has 0 spiro atoms. The van der Waals surface area contributed by atoms with Crippen molar-refractivity contribution in [2.75, 3.05) is 11.9 Å². The van der Waals surface area contributed by atoms with Crippen LogP contribution < -0.4 is 4.90 Å². The molecule has 0 aliphatic heterocycles. The molecule has 0 saturated carbocycles. The summed E-state index contributed by atoms with van der Waals surface area (Å²) in [5.74, 6) is 0.475. The molecule has 0 fully saturated rings. The predicted octanol–water partition coefficient (Wildman–Crippen LogP) is 2.57. The summed E-state index contributed by atoms with van der Waals surface area (Å²) in [5, 5.41) is 20.0. The molecule has 1 unspecified atom stereocenters. The molecule has 0 heterocycles. The van der Waals surface area contributed by atoms with Crippen LogP contribution in [0.3, 0.4) is 0 Å². The largest absolute Gasteiger partial charge is 0.391 e. The summed E-state index contributed by atoms with van der Waals surface area (Å²) >= 11 is 0. The van der Waals surface area contributed by atoms with Gasteiger partial charge in [0.15, 0.2) is 0 Å².